The number of para-hydroxylation sites is 2. The molecule has 6 nitrogen and oxygen atoms in total. The van der Waals surface area contributed by atoms with Gasteiger partial charge in [0, 0.05) is 26.1 Å². The molecule has 132 valence electrons. The molecule has 1 aliphatic heterocycles. The molecule has 1 aromatic carbocycles. The van der Waals surface area contributed by atoms with Crippen molar-refractivity contribution in [3.8, 4) is 5.75 Å². The van der Waals surface area contributed by atoms with Crippen molar-refractivity contribution in [2.24, 2.45) is 5.92 Å². The number of carbonyl (C=O) groups is 2. The topological polar surface area (TPSA) is 61.9 Å². The molecule has 1 unspecified atom stereocenters. The number of benzene rings is 1. The predicted octanol–water partition coefficient (Wildman–Crippen LogP) is 1.82. The van der Waals surface area contributed by atoms with Crippen molar-refractivity contribution in [2.45, 2.75) is 26.4 Å². The summed E-state index contributed by atoms with van der Waals surface area (Å²) in [4.78, 5) is 28.4. The highest BCUT2D eigenvalue weighted by Gasteiger charge is 2.34. The zero-order valence-electron chi connectivity index (χ0n) is 14.9. The number of carbonyl (C=O) groups excluding carboxylic acids is 2. The lowest BCUT2D eigenvalue weighted by molar-refractivity contribution is -0.128. The zero-order chi connectivity index (χ0) is 17.7. The van der Waals surface area contributed by atoms with Gasteiger partial charge in [0.15, 0.2) is 0 Å². The van der Waals surface area contributed by atoms with Gasteiger partial charge in [0.25, 0.3) is 0 Å². The van der Waals surface area contributed by atoms with Crippen molar-refractivity contribution in [1.82, 2.24) is 9.80 Å². The Labute approximate surface area is 143 Å². The molecule has 2 amide bonds. The maximum absolute atomic E-state index is 12.5. The largest absolute Gasteiger partial charge is 0.489 e. The maximum atomic E-state index is 12.5. The lowest BCUT2D eigenvalue weighted by Gasteiger charge is -2.19. The molecule has 1 saturated heterocycles. The summed E-state index contributed by atoms with van der Waals surface area (Å²) in [7, 11) is 3.94. The van der Waals surface area contributed by atoms with Crippen LogP contribution in [0, 0.1) is 5.92 Å². The lowest BCUT2D eigenvalue weighted by Crippen LogP contribution is -2.34. The first-order chi connectivity index (χ1) is 11.4. The van der Waals surface area contributed by atoms with Crippen LogP contribution < -0.4 is 10.1 Å². The lowest BCUT2D eigenvalue weighted by atomic mass is 10.1. The van der Waals surface area contributed by atoms with Gasteiger partial charge in [0.2, 0.25) is 11.8 Å². The molecule has 1 aliphatic rings. The molecule has 0 spiro atoms. The third-order valence-electron chi connectivity index (χ3n) is 3.91. The van der Waals surface area contributed by atoms with Crippen LogP contribution in [0.15, 0.2) is 24.3 Å². The molecule has 0 radical (unpaired) electrons. The van der Waals surface area contributed by atoms with Gasteiger partial charge in [-0.05, 0) is 40.1 Å². The summed E-state index contributed by atoms with van der Waals surface area (Å²) >= 11 is 0. The van der Waals surface area contributed by atoms with Gasteiger partial charge < -0.3 is 19.9 Å². The molecule has 1 heterocycles. The molecule has 2 rings (SSSR count). The standard InChI is InChI=1S/C18H27N3O3/c1-13(2)24-16-8-6-5-7-15(16)19-18(23)14-11-17(22)21(12-14)10-9-20(3)4/h5-8,13-14H,9-12H2,1-4H3,(H,19,23). The first-order valence-corrected chi connectivity index (χ1v) is 8.36. The van der Waals surface area contributed by atoms with E-state index in [9.17, 15) is 9.59 Å². The number of ether oxygens (including phenoxy) is 1. The molecule has 1 N–H and O–H groups in total. The van der Waals surface area contributed by atoms with Crippen LogP contribution in [0.2, 0.25) is 0 Å². The second-order valence-electron chi connectivity index (χ2n) is 6.70. The molecule has 6 heteroatoms. The van der Waals surface area contributed by atoms with E-state index in [-0.39, 0.29) is 30.3 Å². The Bertz CT molecular complexity index is 587. The van der Waals surface area contributed by atoms with E-state index in [0.29, 0.717) is 24.5 Å². The molecule has 0 saturated carbocycles. The quantitative estimate of drug-likeness (QED) is 0.827. The number of likely N-dealkylation sites (tertiary alicyclic amines) is 1. The first-order valence-electron chi connectivity index (χ1n) is 8.36. The van der Waals surface area contributed by atoms with Crippen LogP contribution in [0.25, 0.3) is 0 Å². The van der Waals surface area contributed by atoms with Gasteiger partial charge in [0.1, 0.15) is 5.75 Å². The SMILES string of the molecule is CC(C)Oc1ccccc1NC(=O)C1CC(=O)N(CCN(C)C)C1. The van der Waals surface area contributed by atoms with Crippen molar-refractivity contribution >= 4 is 17.5 Å². The molecule has 0 aromatic heterocycles. The summed E-state index contributed by atoms with van der Waals surface area (Å²) in [5.41, 5.74) is 0.649. The van der Waals surface area contributed by atoms with Crippen LogP contribution in [-0.4, -0.2) is 61.4 Å². The third-order valence-corrected chi connectivity index (χ3v) is 3.91. The van der Waals surface area contributed by atoms with Crippen LogP contribution >= 0.6 is 0 Å². The summed E-state index contributed by atoms with van der Waals surface area (Å²) in [6.07, 6.45) is 0.296. The fraction of sp³-hybridized carbons (Fsp3) is 0.556. The maximum Gasteiger partial charge on any atom is 0.229 e. The number of amides is 2. The van der Waals surface area contributed by atoms with Gasteiger partial charge >= 0.3 is 0 Å². The number of likely N-dealkylation sites (N-methyl/N-ethyl adjacent to an activating group) is 1. The van der Waals surface area contributed by atoms with Gasteiger partial charge in [0.05, 0.1) is 17.7 Å². The molecule has 0 bridgehead atoms. The van der Waals surface area contributed by atoms with E-state index in [0.717, 1.165) is 6.54 Å². The summed E-state index contributed by atoms with van der Waals surface area (Å²) in [5, 5.41) is 2.91. The number of hydrogen-bond donors (Lipinski definition) is 1. The van der Waals surface area contributed by atoms with Gasteiger partial charge in [-0.15, -0.1) is 0 Å². The van der Waals surface area contributed by atoms with E-state index >= 15 is 0 Å². The molecule has 0 aliphatic carbocycles. The fourth-order valence-electron chi connectivity index (χ4n) is 2.65. The number of nitrogens with one attached hydrogen (secondary N) is 1. The molecule has 1 aromatic rings. The average Bonchev–Trinajstić information content (AvgIpc) is 2.88. The molecule has 1 atom stereocenters. The van der Waals surface area contributed by atoms with E-state index in [4.69, 9.17) is 4.74 Å². The van der Waals surface area contributed by atoms with E-state index in [1.807, 2.05) is 57.1 Å². The monoisotopic (exact) mass is 333 g/mol. The van der Waals surface area contributed by atoms with Crippen LogP contribution in [0.5, 0.6) is 5.75 Å². The second-order valence-corrected chi connectivity index (χ2v) is 6.70. The first kappa shape index (κ1) is 18.3. The summed E-state index contributed by atoms with van der Waals surface area (Å²) in [6.45, 7) is 5.81. The molecule has 24 heavy (non-hydrogen) atoms. The number of hydrogen-bond acceptors (Lipinski definition) is 4. The van der Waals surface area contributed by atoms with Gasteiger partial charge in [-0.1, -0.05) is 12.1 Å². The van der Waals surface area contributed by atoms with Crippen LogP contribution in [0.3, 0.4) is 0 Å². The minimum atomic E-state index is -0.313. The molecular weight excluding hydrogens is 306 g/mol. The van der Waals surface area contributed by atoms with Crippen molar-refractivity contribution in [3.63, 3.8) is 0 Å². The minimum absolute atomic E-state index is 0.0256. The van der Waals surface area contributed by atoms with E-state index in [1.54, 1.807) is 4.90 Å². The third kappa shape index (κ3) is 4.96. The van der Waals surface area contributed by atoms with Crippen LogP contribution in [0.1, 0.15) is 20.3 Å². The van der Waals surface area contributed by atoms with Gasteiger partial charge in [-0.3, -0.25) is 9.59 Å². The van der Waals surface area contributed by atoms with Crippen molar-refractivity contribution in [1.29, 1.82) is 0 Å². The average molecular weight is 333 g/mol. The van der Waals surface area contributed by atoms with Crippen molar-refractivity contribution < 1.29 is 14.3 Å². The predicted molar refractivity (Wildman–Crippen MR) is 94.1 cm³/mol. The Balaban J connectivity index is 1.97. The Kier molecular flexibility index (Phi) is 6.20. The second kappa shape index (κ2) is 8.15. The Morgan fingerprint density at radius 3 is 2.75 bits per heavy atom. The minimum Gasteiger partial charge on any atom is -0.489 e. The summed E-state index contributed by atoms with van der Waals surface area (Å²) in [5.74, 6) is 0.251. The van der Waals surface area contributed by atoms with Gasteiger partial charge in [-0.25, -0.2) is 0 Å². The highest BCUT2D eigenvalue weighted by Crippen LogP contribution is 2.27. The Hall–Kier alpha value is -2.08. The smallest absolute Gasteiger partial charge is 0.229 e. The van der Waals surface area contributed by atoms with Crippen LogP contribution in [0.4, 0.5) is 5.69 Å². The molecule has 1 fully saturated rings. The van der Waals surface area contributed by atoms with Gasteiger partial charge in [-0.2, -0.15) is 0 Å². The highest BCUT2D eigenvalue weighted by atomic mass is 16.5. The van der Waals surface area contributed by atoms with Crippen molar-refractivity contribution in [3.05, 3.63) is 24.3 Å². The zero-order valence-corrected chi connectivity index (χ0v) is 14.9. The van der Waals surface area contributed by atoms with E-state index < -0.39 is 0 Å². The van der Waals surface area contributed by atoms with Crippen molar-refractivity contribution in [2.75, 3.05) is 39.0 Å². The number of nitrogens with zero attached hydrogens (tertiary/aromatic N) is 2. The summed E-state index contributed by atoms with van der Waals surface area (Å²) in [6, 6.07) is 7.37. The fourth-order valence-corrected chi connectivity index (χ4v) is 2.65. The van der Waals surface area contributed by atoms with E-state index in [2.05, 4.69) is 5.32 Å². The Morgan fingerprint density at radius 2 is 2.08 bits per heavy atom. The molecular formula is C18H27N3O3. The highest BCUT2D eigenvalue weighted by molar-refractivity contribution is 5.98. The van der Waals surface area contributed by atoms with E-state index in [1.165, 1.54) is 0 Å². The summed E-state index contributed by atoms with van der Waals surface area (Å²) < 4.78 is 5.72. The van der Waals surface area contributed by atoms with Crippen LogP contribution in [-0.2, 0) is 9.59 Å². The number of anilines is 1. The number of rotatable bonds is 7. The Morgan fingerprint density at radius 1 is 1.38 bits per heavy atom. The normalized spacial score (nSPS) is 17.7.